The van der Waals surface area contributed by atoms with Gasteiger partial charge in [-0.25, -0.2) is 8.42 Å². The molecule has 96 valence electrons. The molecule has 1 aromatic rings. The van der Waals surface area contributed by atoms with Gasteiger partial charge >= 0.3 is 0 Å². The second-order valence-corrected chi connectivity index (χ2v) is 6.74. The Bertz CT molecular complexity index is 455. The summed E-state index contributed by atoms with van der Waals surface area (Å²) in [6.07, 6.45) is 2.09. The van der Waals surface area contributed by atoms with E-state index in [9.17, 15) is 8.42 Å². The van der Waals surface area contributed by atoms with E-state index in [1.165, 1.54) is 0 Å². The van der Waals surface area contributed by atoms with E-state index < -0.39 is 9.84 Å². The first-order valence-corrected chi connectivity index (χ1v) is 7.57. The number of nitrogens with zero attached hydrogens (tertiary/aromatic N) is 2. The Balaban J connectivity index is 1.88. The fraction of sp³-hybridized carbons (Fsp3) is 0.800. The second kappa shape index (κ2) is 5.14. The Hall–Kier alpha value is -0.950. The molecule has 7 heteroatoms. The highest BCUT2D eigenvalue weighted by Crippen LogP contribution is 2.22. The summed E-state index contributed by atoms with van der Waals surface area (Å²) in [6, 6.07) is 0. The first kappa shape index (κ1) is 12.5. The standard InChI is InChI=1S/C10H17N3O3S/c1-11-7-9-12-10(16-13-9)6-8-2-4-17(14,15)5-3-8/h8,11H,2-7H2,1H3. The normalized spacial score (nSPS) is 20.5. The third-order valence-electron chi connectivity index (χ3n) is 2.98. The summed E-state index contributed by atoms with van der Waals surface area (Å²) in [5, 5.41) is 6.78. The van der Waals surface area contributed by atoms with E-state index in [1.807, 2.05) is 7.05 Å². The van der Waals surface area contributed by atoms with Gasteiger partial charge in [0.1, 0.15) is 9.84 Å². The van der Waals surface area contributed by atoms with Crippen LogP contribution in [0.3, 0.4) is 0 Å². The summed E-state index contributed by atoms with van der Waals surface area (Å²) in [7, 11) is -0.967. The molecule has 1 aliphatic rings. The van der Waals surface area contributed by atoms with Crippen LogP contribution in [0.1, 0.15) is 24.6 Å². The van der Waals surface area contributed by atoms with Crippen molar-refractivity contribution in [2.24, 2.45) is 5.92 Å². The Morgan fingerprint density at radius 3 is 2.76 bits per heavy atom. The third kappa shape index (κ3) is 3.50. The fourth-order valence-electron chi connectivity index (χ4n) is 1.99. The van der Waals surface area contributed by atoms with Gasteiger partial charge in [0.15, 0.2) is 5.82 Å². The first-order chi connectivity index (χ1) is 8.09. The van der Waals surface area contributed by atoms with E-state index in [1.54, 1.807) is 0 Å². The van der Waals surface area contributed by atoms with Crippen LogP contribution in [0.25, 0.3) is 0 Å². The van der Waals surface area contributed by atoms with E-state index in [-0.39, 0.29) is 11.5 Å². The maximum absolute atomic E-state index is 11.3. The van der Waals surface area contributed by atoms with Gasteiger partial charge in [-0.15, -0.1) is 0 Å². The summed E-state index contributed by atoms with van der Waals surface area (Å²) >= 11 is 0. The summed E-state index contributed by atoms with van der Waals surface area (Å²) in [4.78, 5) is 4.24. The lowest BCUT2D eigenvalue weighted by Gasteiger charge is -2.19. The number of nitrogens with one attached hydrogen (secondary N) is 1. The predicted molar refractivity (Wildman–Crippen MR) is 62.1 cm³/mol. The number of hydrogen-bond donors (Lipinski definition) is 1. The van der Waals surface area contributed by atoms with Gasteiger partial charge in [0.25, 0.3) is 0 Å². The SMILES string of the molecule is CNCc1noc(CC2CCS(=O)(=O)CC2)n1. The minimum atomic E-state index is -2.79. The summed E-state index contributed by atoms with van der Waals surface area (Å²) in [6.45, 7) is 0.586. The van der Waals surface area contributed by atoms with Crippen LogP contribution in [0.15, 0.2) is 4.52 Å². The molecule has 2 heterocycles. The van der Waals surface area contributed by atoms with Crippen molar-refractivity contribution in [3.8, 4) is 0 Å². The smallest absolute Gasteiger partial charge is 0.226 e. The van der Waals surface area contributed by atoms with E-state index in [4.69, 9.17) is 4.52 Å². The Labute approximate surface area is 101 Å². The molecule has 1 aromatic heterocycles. The molecule has 0 unspecified atom stereocenters. The maximum Gasteiger partial charge on any atom is 0.226 e. The molecule has 0 amide bonds. The van der Waals surface area contributed by atoms with Crippen LogP contribution in [0.5, 0.6) is 0 Å². The Morgan fingerprint density at radius 2 is 2.12 bits per heavy atom. The molecule has 1 N–H and O–H groups in total. The molecule has 17 heavy (non-hydrogen) atoms. The Morgan fingerprint density at radius 1 is 1.41 bits per heavy atom. The van der Waals surface area contributed by atoms with Gasteiger partial charge in [-0.05, 0) is 25.8 Å². The van der Waals surface area contributed by atoms with E-state index in [0.717, 1.165) is 0 Å². The van der Waals surface area contributed by atoms with E-state index >= 15 is 0 Å². The highest BCUT2D eigenvalue weighted by Gasteiger charge is 2.25. The highest BCUT2D eigenvalue weighted by molar-refractivity contribution is 7.91. The van der Waals surface area contributed by atoms with Crippen molar-refractivity contribution < 1.29 is 12.9 Å². The van der Waals surface area contributed by atoms with E-state index in [0.29, 0.717) is 43.4 Å². The Kier molecular flexibility index (Phi) is 3.78. The highest BCUT2D eigenvalue weighted by atomic mass is 32.2. The van der Waals surface area contributed by atoms with E-state index in [2.05, 4.69) is 15.5 Å². The lowest BCUT2D eigenvalue weighted by atomic mass is 9.99. The quantitative estimate of drug-likeness (QED) is 0.829. The third-order valence-corrected chi connectivity index (χ3v) is 4.70. The van der Waals surface area contributed by atoms with Crippen LogP contribution in [-0.4, -0.2) is 37.1 Å². The van der Waals surface area contributed by atoms with Crippen molar-refractivity contribution in [2.45, 2.75) is 25.8 Å². The van der Waals surface area contributed by atoms with Crippen LogP contribution in [0.2, 0.25) is 0 Å². The molecule has 1 saturated heterocycles. The number of sulfone groups is 1. The second-order valence-electron chi connectivity index (χ2n) is 4.43. The zero-order chi connectivity index (χ0) is 12.3. The molecule has 6 nitrogen and oxygen atoms in total. The summed E-state index contributed by atoms with van der Waals surface area (Å²) < 4.78 is 27.7. The van der Waals surface area contributed by atoms with Gasteiger partial charge in [-0.1, -0.05) is 5.16 Å². The monoisotopic (exact) mass is 259 g/mol. The molecule has 0 bridgehead atoms. The van der Waals surface area contributed by atoms with Gasteiger partial charge < -0.3 is 9.84 Å². The van der Waals surface area contributed by atoms with Crippen molar-refractivity contribution in [2.75, 3.05) is 18.6 Å². The molecule has 0 atom stereocenters. The molecule has 0 spiro atoms. The zero-order valence-corrected chi connectivity index (χ0v) is 10.7. The molecule has 0 radical (unpaired) electrons. The van der Waals surface area contributed by atoms with Gasteiger partial charge in [-0.3, -0.25) is 0 Å². The lowest BCUT2D eigenvalue weighted by Crippen LogP contribution is -2.24. The molecule has 2 rings (SSSR count). The molecular weight excluding hydrogens is 242 g/mol. The van der Waals surface area contributed by atoms with Gasteiger partial charge in [0.2, 0.25) is 5.89 Å². The van der Waals surface area contributed by atoms with Crippen LogP contribution < -0.4 is 5.32 Å². The number of aromatic nitrogens is 2. The molecule has 1 fully saturated rings. The van der Waals surface area contributed by atoms with Crippen molar-refractivity contribution in [3.63, 3.8) is 0 Å². The fourth-order valence-corrected chi connectivity index (χ4v) is 3.58. The van der Waals surface area contributed by atoms with Crippen molar-refractivity contribution in [1.29, 1.82) is 0 Å². The average Bonchev–Trinajstić information content (AvgIpc) is 2.70. The van der Waals surface area contributed by atoms with Gasteiger partial charge in [0.05, 0.1) is 18.1 Å². The maximum atomic E-state index is 11.3. The van der Waals surface area contributed by atoms with Crippen LogP contribution >= 0.6 is 0 Å². The molecular formula is C10H17N3O3S. The summed E-state index contributed by atoms with van der Waals surface area (Å²) in [5.41, 5.74) is 0. The lowest BCUT2D eigenvalue weighted by molar-refractivity contribution is 0.338. The topological polar surface area (TPSA) is 85.1 Å². The zero-order valence-electron chi connectivity index (χ0n) is 9.85. The van der Waals surface area contributed by atoms with Crippen LogP contribution in [-0.2, 0) is 22.8 Å². The molecule has 1 aliphatic heterocycles. The van der Waals surface area contributed by atoms with Crippen molar-refractivity contribution >= 4 is 9.84 Å². The first-order valence-electron chi connectivity index (χ1n) is 5.75. The van der Waals surface area contributed by atoms with Crippen LogP contribution in [0, 0.1) is 5.92 Å². The van der Waals surface area contributed by atoms with Crippen LogP contribution in [0.4, 0.5) is 0 Å². The molecule has 0 aliphatic carbocycles. The molecule has 0 saturated carbocycles. The molecule has 0 aromatic carbocycles. The predicted octanol–water partition coefficient (Wildman–Crippen LogP) is 0.156. The number of hydrogen-bond acceptors (Lipinski definition) is 6. The van der Waals surface area contributed by atoms with Crippen molar-refractivity contribution in [1.82, 2.24) is 15.5 Å². The number of rotatable bonds is 4. The minimum absolute atomic E-state index is 0.287. The minimum Gasteiger partial charge on any atom is -0.339 e. The van der Waals surface area contributed by atoms with Gasteiger partial charge in [0, 0.05) is 6.42 Å². The average molecular weight is 259 g/mol. The largest absolute Gasteiger partial charge is 0.339 e. The van der Waals surface area contributed by atoms with Gasteiger partial charge in [-0.2, -0.15) is 4.98 Å². The summed E-state index contributed by atoms with van der Waals surface area (Å²) in [5.74, 6) is 2.18. The van der Waals surface area contributed by atoms with Crippen molar-refractivity contribution in [3.05, 3.63) is 11.7 Å².